The highest BCUT2D eigenvalue weighted by Gasteiger charge is 2.54. The van der Waals surface area contributed by atoms with Gasteiger partial charge in [-0.05, 0) is 25.4 Å². The van der Waals surface area contributed by atoms with Gasteiger partial charge in [0.15, 0.2) is 17.9 Å². The first-order chi connectivity index (χ1) is 19.4. The molecule has 3 aliphatic rings. The van der Waals surface area contributed by atoms with Gasteiger partial charge >= 0.3 is 0 Å². The van der Waals surface area contributed by atoms with Crippen LogP contribution in [0.3, 0.4) is 0 Å². The number of nitrogens with zero attached hydrogens (tertiary/aromatic N) is 3. The van der Waals surface area contributed by atoms with E-state index in [1.165, 1.54) is 25.3 Å². The summed E-state index contributed by atoms with van der Waals surface area (Å²) < 4.78 is 17.0. The van der Waals surface area contributed by atoms with E-state index in [9.17, 15) is 40.3 Å². The van der Waals surface area contributed by atoms with Gasteiger partial charge in [-0.3, -0.25) is 14.4 Å². The molecule has 1 aliphatic heterocycles. The molecule has 0 amide bonds. The summed E-state index contributed by atoms with van der Waals surface area (Å²) >= 11 is 0. The van der Waals surface area contributed by atoms with E-state index in [0.29, 0.717) is 0 Å². The summed E-state index contributed by atoms with van der Waals surface area (Å²) in [6, 6.07) is 1.71. The van der Waals surface area contributed by atoms with Crippen LogP contribution in [0, 0.1) is 0 Å². The number of fused-ring (bicyclic) bond motifs is 3. The first kappa shape index (κ1) is 28.5. The number of phenolic OH excluding ortho intramolecular Hbond substituents is 2. The molecule has 0 saturated carbocycles. The minimum atomic E-state index is -2.45. The maximum atomic E-state index is 13.8. The maximum Gasteiger partial charge on any atom is 0.202 e. The van der Waals surface area contributed by atoms with Gasteiger partial charge in [-0.25, -0.2) is 0 Å². The van der Waals surface area contributed by atoms with Crippen molar-refractivity contribution in [1.82, 2.24) is 0 Å². The fraction of sp³-hybridized carbons (Fsp3) is 0.444. The fourth-order valence-electron chi connectivity index (χ4n) is 5.94. The minimum Gasteiger partial charge on any atom is -0.507 e. The standard InChI is InChI=1S/C27H28N4O10/c1-9-21(33)12(28)7-15(40-9)41-14-8-27(38,10(2)32)26(30-31-29)20-17(14)24(36)19-18(25(20)37)22(34)11-5-4-6-13(39-3)16(11)23(19)35/h4-6,9,12,14-15,21,26,33,36-38H,7-8,28H2,1-3H3/t9?,12?,14-,15?,21?,26+,27-/m0/s1. The second-order valence-corrected chi connectivity index (χ2v) is 10.4. The number of aliphatic hydroxyl groups excluding tert-OH is 1. The van der Waals surface area contributed by atoms with Gasteiger partial charge in [-0.15, -0.1) is 0 Å². The van der Waals surface area contributed by atoms with Crippen molar-refractivity contribution in [2.45, 2.75) is 69.0 Å². The van der Waals surface area contributed by atoms with Crippen molar-refractivity contribution in [3.63, 3.8) is 0 Å². The van der Waals surface area contributed by atoms with E-state index in [1.807, 2.05) is 0 Å². The van der Waals surface area contributed by atoms with Crippen LogP contribution in [-0.4, -0.2) is 75.0 Å². The molecule has 1 heterocycles. The van der Waals surface area contributed by atoms with Gasteiger partial charge in [0.1, 0.15) is 28.9 Å². The van der Waals surface area contributed by atoms with Gasteiger partial charge in [0, 0.05) is 40.5 Å². The number of hydrogen-bond donors (Lipinski definition) is 5. The van der Waals surface area contributed by atoms with Gasteiger partial charge < -0.3 is 40.4 Å². The molecule has 216 valence electrons. The summed E-state index contributed by atoms with van der Waals surface area (Å²) in [5, 5.41) is 48.4. The Balaban J connectivity index is 1.77. The molecular weight excluding hydrogens is 540 g/mol. The van der Waals surface area contributed by atoms with E-state index in [4.69, 9.17) is 19.9 Å². The van der Waals surface area contributed by atoms with Crippen molar-refractivity contribution in [3.8, 4) is 17.2 Å². The zero-order valence-corrected chi connectivity index (χ0v) is 22.3. The van der Waals surface area contributed by atoms with E-state index in [2.05, 4.69) is 10.0 Å². The van der Waals surface area contributed by atoms with Crippen LogP contribution in [0.4, 0.5) is 0 Å². The van der Waals surface area contributed by atoms with E-state index < -0.39 is 94.2 Å². The van der Waals surface area contributed by atoms with Crippen molar-refractivity contribution in [3.05, 3.63) is 62.0 Å². The molecule has 0 spiro atoms. The Morgan fingerprint density at radius 2 is 1.83 bits per heavy atom. The normalized spacial score (nSPS) is 30.5. The molecule has 41 heavy (non-hydrogen) atoms. The molecule has 2 aliphatic carbocycles. The van der Waals surface area contributed by atoms with Crippen molar-refractivity contribution in [2.75, 3.05) is 7.11 Å². The number of carbonyl (C=O) groups is 3. The molecule has 14 nitrogen and oxygen atoms in total. The highest BCUT2D eigenvalue weighted by atomic mass is 16.7. The van der Waals surface area contributed by atoms with Crippen LogP contribution in [0.5, 0.6) is 17.2 Å². The summed E-state index contributed by atoms with van der Waals surface area (Å²) in [6.07, 6.45) is -4.90. The van der Waals surface area contributed by atoms with Crippen LogP contribution in [0.15, 0.2) is 23.3 Å². The summed E-state index contributed by atoms with van der Waals surface area (Å²) in [4.78, 5) is 42.9. The quantitative estimate of drug-likeness (QED) is 0.129. The number of benzene rings is 2. The molecule has 7 atom stereocenters. The third-order valence-corrected chi connectivity index (χ3v) is 8.08. The number of nitrogens with two attached hydrogens (primary N) is 1. The number of rotatable bonds is 5. The summed E-state index contributed by atoms with van der Waals surface area (Å²) in [5.41, 5.74) is 10.8. The number of aromatic hydroxyl groups is 2. The third-order valence-electron chi connectivity index (χ3n) is 8.08. The largest absolute Gasteiger partial charge is 0.507 e. The summed E-state index contributed by atoms with van der Waals surface area (Å²) in [5.74, 6) is -4.11. The third kappa shape index (κ3) is 4.15. The number of aliphatic hydroxyl groups is 2. The molecule has 5 rings (SSSR count). The highest BCUT2D eigenvalue weighted by molar-refractivity contribution is 6.31. The predicted molar refractivity (Wildman–Crippen MR) is 139 cm³/mol. The molecule has 0 radical (unpaired) electrons. The van der Waals surface area contributed by atoms with E-state index >= 15 is 0 Å². The van der Waals surface area contributed by atoms with Crippen molar-refractivity contribution in [2.24, 2.45) is 10.8 Å². The van der Waals surface area contributed by atoms with Crippen LogP contribution in [-0.2, 0) is 14.3 Å². The lowest BCUT2D eigenvalue weighted by atomic mass is 9.69. The summed E-state index contributed by atoms with van der Waals surface area (Å²) in [7, 11) is 1.30. The van der Waals surface area contributed by atoms with Gasteiger partial charge in [0.05, 0.1) is 42.1 Å². The Kier molecular flexibility index (Phi) is 7.02. The molecule has 14 heteroatoms. The molecule has 0 bridgehead atoms. The second-order valence-electron chi connectivity index (χ2n) is 10.4. The number of methoxy groups -OCH3 is 1. The Morgan fingerprint density at radius 1 is 1.17 bits per heavy atom. The van der Waals surface area contributed by atoms with Crippen LogP contribution >= 0.6 is 0 Å². The van der Waals surface area contributed by atoms with Gasteiger partial charge in [0.2, 0.25) is 5.78 Å². The number of phenols is 2. The van der Waals surface area contributed by atoms with Crippen molar-refractivity contribution >= 4 is 17.3 Å². The molecule has 1 saturated heterocycles. The first-order valence-corrected chi connectivity index (χ1v) is 12.8. The molecule has 2 aromatic carbocycles. The smallest absolute Gasteiger partial charge is 0.202 e. The molecule has 1 fully saturated rings. The zero-order chi connectivity index (χ0) is 30.0. The predicted octanol–water partition coefficient (Wildman–Crippen LogP) is 1.84. The average molecular weight is 569 g/mol. The highest BCUT2D eigenvalue weighted by Crippen LogP contribution is 2.57. The van der Waals surface area contributed by atoms with Crippen LogP contribution in [0.1, 0.15) is 81.8 Å². The Labute approximate surface area is 232 Å². The number of ketones is 3. The van der Waals surface area contributed by atoms with E-state index in [0.717, 1.165) is 6.92 Å². The van der Waals surface area contributed by atoms with Crippen molar-refractivity contribution in [1.29, 1.82) is 0 Å². The number of Topliss-reactive ketones (excluding diaryl/α,β-unsaturated/α-hetero) is 1. The van der Waals surface area contributed by atoms with Gasteiger partial charge in [-0.2, -0.15) is 0 Å². The lowest BCUT2D eigenvalue weighted by Gasteiger charge is -2.44. The Hall–Kier alpha value is -4.04. The number of hydrogen-bond acceptors (Lipinski definition) is 12. The van der Waals surface area contributed by atoms with Gasteiger partial charge in [-0.1, -0.05) is 17.2 Å². The molecule has 6 N–H and O–H groups in total. The van der Waals surface area contributed by atoms with Crippen LogP contribution < -0.4 is 10.5 Å². The molecular formula is C27H28N4O10. The maximum absolute atomic E-state index is 13.8. The lowest BCUT2D eigenvalue weighted by Crippen LogP contribution is -2.53. The number of carbonyl (C=O) groups excluding carboxylic acids is 3. The molecule has 2 aromatic rings. The average Bonchev–Trinajstić information content (AvgIpc) is 2.93. The number of azide groups is 1. The summed E-state index contributed by atoms with van der Waals surface area (Å²) in [6.45, 7) is 2.60. The minimum absolute atomic E-state index is 0.0186. The Morgan fingerprint density at radius 3 is 2.44 bits per heavy atom. The van der Waals surface area contributed by atoms with Gasteiger partial charge in [0.25, 0.3) is 0 Å². The van der Waals surface area contributed by atoms with Crippen LogP contribution in [0.25, 0.3) is 10.4 Å². The number of ether oxygens (including phenoxy) is 3. The van der Waals surface area contributed by atoms with Crippen LogP contribution in [0.2, 0.25) is 0 Å². The lowest BCUT2D eigenvalue weighted by molar-refractivity contribution is -0.248. The second kappa shape index (κ2) is 10.1. The van der Waals surface area contributed by atoms with E-state index in [-0.39, 0.29) is 28.9 Å². The topological polar surface area (TPSA) is 235 Å². The molecule has 4 unspecified atom stereocenters. The first-order valence-electron chi connectivity index (χ1n) is 12.8. The van der Waals surface area contributed by atoms with Crippen molar-refractivity contribution < 1.29 is 49.0 Å². The Bertz CT molecular complexity index is 1520. The fourth-order valence-corrected chi connectivity index (χ4v) is 5.94. The molecule has 0 aromatic heterocycles. The van der Waals surface area contributed by atoms with E-state index in [1.54, 1.807) is 6.92 Å². The zero-order valence-electron chi connectivity index (χ0n) is 22.3. The SMILES string of the molecule is COc1cccc2c1C(=O)c1c(O)c3c(c(O)c1C2=O)[C@@H](N=[N+]=[N-])[C@@](O)(C(C)=O)C[C@@H]3OC1CC(N)C(O)C(C)O1. The monoisotopic (exact) mass is 568 g/mol.